The number of aliphatic hydroxyl groups excluding tert-OH is 1. The molecule has 0 saturated heterocycles. The zero-order valence-electron chi connectivity index (χ0n) is 14.5. The van der Waals surface area contributed by atoms with E-state index in [-0.39, 0.29) is 13.2 Å². The maximum absolute atomic E-state index is 11.8. The van der Waals surface area contributed by atoms with Crippen molar-refractivity contribution in [1.29, 1.82) is 0 Å². The number of nitrogens with two attached hydrogens (primary N) is 1. The highest BCUT2D eigenvalue weighted by Gasteiger charge is 2.16. The zero-order chi connectivity index (χ0) is 18.3. The van der Waals surface area contributed by atoms with Crippen molar-refractivity contribution in [3.63, 3.8) is 0 Å². The van der Waals surface area contributed by atoms with Gasteiger partial charge < -0.3 is 20.9 Å². The Kier molecular flexibility index (Phi) is 11.8. The summed E-state index contributed by atoms with van der Waals surface area (Å²) in [5.41, 5.74) is 6.29. The van der Waals surface area contributed by atoms with Gasteiger partial charge in [-0.05, 0) is 30.7 Å². The number of rotatable bonds is 13. The number of alkyl carbamates (subject to hydrolysis) is 1. The molecule has 1 unspecified atom stereocenters. The van der Waals surface area contributed by atoms with E-state index in [1.165, 1.54) is 0 Å². The predicted octanol–water partition coefficient (Wildman–Crippen LogP) is 2.10. The monoisotopic (exact) mass is 368 g/mol. The van der Waals surface area contributed by atoms with Gasteiger partial charge in [-0.3, -0.25) is 4.79 Å². The van der Waals surface area contributed by atoms with Crippen molar-refractivity contribution in [1.82, 2.24) is 5.32 Å². The summed E-state index contributed by atoms with van der Waals surface area (Å²) in [7, 11) is 0. The molecule has 1 rings (SSSR count). The molecule has 0 bridgehead atoms. The summed E-state index contributed by atoms with van der Waals surface area (Å²) in [5.74, 6) is 0.838. The summed E-state index contributed by atoms with van der Waals surface area (Å²) in [6, 6.07) is 9.27. The van der Waals surface area contributed by atoms with Gasteiger partial charge in [0.1, 0.15) is 12.7 Å². The second-order valence-corrected chi connectivity index (χ2v) is 6.83. The van der Waals surface area contributed by atoms with Crippen molar-refractivity contribution in [2.75, 3.05) is 24.6 Å². The molecule has 0 aliphatic rings. The van der Waals surface area contributed by atoms with Gasteiger partial charge in [0.15, 0.2) is 5.78 Å². The van der Waals surface area contributed by atoms with E-state index in [0.29, 0.717) is 5.75 Å². The Hall–Kier alpha value is -1.57. The highest BCUT2D eigenvalue weighted by Crippen LogP contribution is 2.09. The Morgan fingerprint density at radius 1 is 1.16 bits per heavy atom. The minimum absolute atomic E-state index is 0.142. The fourth-order valence-electron chi connectivity index (χ4n) is 2.04. The molecule has 4 N–H and O–H groups in total. The molecule has 1 aromatic rings. The molecule has 0 aliphatic carbocycles. The van der Waals surface area contributed by atoms with Crippen molar-refractivity contribution in [3.05, 3.63) is 35.9 Å². The number of nitrogens with one attached hydrogen (secondary N) is 1. The third-order valence-corrected chi connectivity index (χ3v) is 4.64. The van der Waals surface area contributed by atoms with Gasteiger partial charge >= 0.3 is 6.09 Å². The summed E-state index contributed by atoms with van der Waals surface area (Å²) in [4.78, 5) is 23.3. The predicted molar refractivity (Wildman–Crippen MR) is 100 cm³/mol. The number of benzene rings is 1. The molecule has 0 radical (unpaired) electrons. The van der Waals surface area contributed by atoms with Crippen LogP contribution in [0.2, 0.25) is 0 Å². The van der Waals surface area contributed by atoms with Gasteiger partial charge in [0.25, 0.3) is 0 Å². The first kappa shape index (κ1) is 21.5. The number of Topliss-reactive ketones (excluding diaryl/α,β-unsaturated/α-hetero) is 1. The van der Waals surface area contributed by atoms with E-state index in [0.717, 1.165) is 43.5 Å². The Labute approximate surface area is 153 Å². The molecule has 0 aliphatic heterocycles. The Morgan fingerprint density at radius 2 is 1.88 bits per heavy atom. The lowest BCUT2D eigenvalue weighted by Gasteiger charge is -2.10. The van der Waals surface area contributed by atoms with E-state index in [2.05, 4.69) is 5.32 Å². The molecule has 0 aromatic heterocycles. The van der Waals surface area contributed by atoms with Gasteiger partial charge in [-0.25, -0.2) is 4.79 Å². The van der Waals surface area contributed by atoms with E-state index in [9.17, 15) is 14.7 Å². The molecule has 0 saturated carbocycles. The third kappa shape index (κ3) is 10.8. The van der Waals surface area contributed by atoms with Crippen LogP contribution in [0.4, 0.5) is 4.79 Å². The molecule has 25 heavy (non-hydrogen) atoms. The van der Waals surface area contributed by atoms with Gasteiger partial charge in [-0.15, -0.1) is 0 Å². The summed E-state index contributed by atoms with van der Waals surface area (Å²) in [6.07, 6.45) is 2.59. The molecule has 1 aromatic carbocycles. The standard InChI is InChI=1S/C18H28N2O4S/c19-10-6-1-2-7-11-25-14-17(22)16(21)12-20-18(23)24-13-15-8-4-3-5-9-15/h3-5,8-9,17,22H,1-2,6-7,10-14,19H2,(H,20,23). The van der Waals surface area contributed by atoms with Crippen LogP contribution in [0.1, 0.15) is 31.2 Å². The van der Waals surface area contributed by atoms with Crippen LogP contribution >= 0.6 is 11.8 Å². The van der Waals surface area contributed by atoms with Crippen LogP contribution in [0.15, 0.2) is 30.3 Å². The number of thioether (sulfide) groups is 1. The van der Waals surface area contributed by atoms with Crippen molar-refractivity contribution in [2.45, 2.75) is 38.4 Å². The number of ketones is 1. The molecule has 0 heterocycles. The van der Waals surface area contributed by atoms with Crippen molar-refractivity contribution >= 4 is 23.6 Å². The zero-order valence-corrected chi connectivity index (χ0v) is 15.3. The van der Waals surface area contributed by atoms with Crippen LogP contribution in [0.3, 0.4) is 0 Å². The molecular weight excluding hydrogens is 340 g/mol. The molecule has 6 nitrogen and oxygen atoms in total. The Morgan fingerprint density at radius 3 is 2.60 bits per heavy atom. The third-order valence-electron chi connectivity index (χ3n) is 3.51. The highest BCUT2D eigenvalue weighted by atomic mass is 32.2. The van der Waals surface area contributed by atoms with Gasteiger partial charge in [0, 0.05) is 5.75 Å². The summed E-state index contributed by atoms with van der Waals surface area (Å²) in [5, 5.41) is 12.2. The minimum atomic E-state index is -1.07. The fourth-order valence-corrected chi connectivity index (χ4v) is 3.03. The van der Waals surface area contributed by atoms with Crippen LogP contribution < -0.4 is 11.1 Å². The normalized spacial score (nSPS) is 11.8. The van der Waals surface area contributed by atoms with E-state index in [1.807, 2.05) is 30.3 Å². The number of ether oxygens (including phenoxy) is 1. The summed E-state index contributed by atoms with van der Waals surface area (Å²) in [6.45, 7) is 0.635. The van der Waals surface area contributed by atoms with Crippen LogP contribution in [0.25, 0.3) is 0 Å². The fraction of sp³-hybridized carbons (Fsp3) is 0.556. The molecule has 7 heteroatoms. The second-order valence-electron chi connectivity index (χ2n) is 5.68. The van der Waals surface area contributed by atoms with E-state index in [4.69, 9.17) is 10.5 Å². The van der Waals surface area contributed by atoms with Crippen LogP contribution in [-0.2, 0) is 16.1 Å². The first-order valence-electron chi connectivity index (χ1n) is 8.56. The topological polar surface area (TPSA) is 102 Å². The lowest BCUT2D eigenvalue weighted by atomic mass is 10.2. The quantitative estimate of drug-likeness (QED) is 0.461. The van der Waals surface area contributed by atoms with Crippen LogP contribution in [0, 0.1) is 0 Å². The Bertz CT molecular complexity index is 499. The van der Waals surface area contributed by atoms with Crippen molar-refractivity contribution in [2.24, 2.45) is 5.73 Å². The highest BCUT2D eigenvalue weighted by molar-refractivity contribution is 7.99. The number of aliphatic hydroxyl groups is 1. The van der Waals surface area contributed by atoms with Gasteiger partial charge in [0.2, 0.25) is 0 Å². The second kappa shape index (κ2) is 13.7. The smallest absolute Gasteiger partial charge is 0.407 e. The van der Waals surface area contributed by atoms with Crippen molar-refractivity contribution in [3.8, 4) is 0 Å². The molecule has 1 amide bonds. The number of carbonyl (C=O) groups excluding carboxylic acids is 2. The minimum Gasteiger partial charge on any atom is -0.445 e. The molecule has 0 spiro atoms. The van der Waals surface area contributed by atoms with E-state index < -0.39 is 18.0 Å². The van der Waals surface area contributed by atoms with E-state index >= 15 is 0 Å². The number of carbonyl (C=O) groups is 2. The molecule has 140 valence electrons. The largest absolute Gasteiger partial charge is 0.445 e. The average molecular weight is 368 g/mol. The van der Waals surface area contributed by atoms with E-state index in [1.54, 1.807) is 11.8 Å². The summed E-state index contributed by atoms with van der Waals surface area (Å²) >= 11 is 1.54. The first-order chi connectivity index (χ1) is 12.1. The van der Waals surface area contributed by atoms with Gasteiger partial charge in [-0.1, -0.05) is 43.2 Å². The Balaban J connectivity index is 2.06. The van der Waals surface area contributed by atoms with Crippen molar-refractivity contribution < 1.29 is 19.4 Å². The summed E-state index contributed by atoms with van der Waals surface area (Å²) < 4.78 is 5.01. The molecular formula is C18H28N2O4S. The molecule has 1 atom stereocenters. The SMILES string of the molecule is NCCCCCCSCC(O)C(=O)CNC(=O)OCc1ccccc1. The van der Waals surface area contributed by atoms with Crippen LogP contribution in [0.5, 0.6) is 0 Å². The van der Waals surface area contributed by atoms with Gasteiger partial charge in [-0.2, -0.15) is 11.8 Å². The number of amides is 1. The number of hydrogen-bond donors (Lipinski definition) is 3. The van der Waals surface area contributed by atoms with Crippen LogP contribution in [-0.4, -0.2) is 47.7 Å². The number of unbranched alkanes of at least 4 members (excludes halogenated alkanes) is 3. The number of hydrogen-bond acceptors (Lipinski definition) is 6. The first-order valence-corrected chi connectivity index (χ1v) is 9.72. The van der Waals surface area contributed by atoms with Gasteiger partial charge in [0.05, 0.1) is 6.54 Å². The lowest BCUT2D eigenvalue weighted by Crippen LogP contribution is -2.36. The average Bonchev–Trinajstić information content (AvgIpc) is 2.64. The maximum Gasteiger partial charge on any atom is 0.407 e. The molecule has 0 fully saturated rings. The maximum atomic E-state index is 11.8. The lowest BCUT2D eigenvalue weighted by molar-refractivity contribution is -0.125.